The number of carbonyl (C=O) groups excluding carboxylic acids is 1. The molecule has 1 aliphatic carbocycles. The van der Waals surface area contributed by atoms with E-state index in [-0.39, 0.29) is 11.8 Å². The molecule has 1 amide bonds. The lowest BCUT2D eigenvalue weighted by atomic mass is 9.94. The topological polar surface area (TPSA) is 64.3 Å². The molecule has 1 fully saturated rings. The monoisotopic (exact) mass is 290 g/mol. The first-order valence-electron chi connectivity index (χ1n) is 6.96. The summed E-state index contributed by atoms with van der Waals surface area (Å²) in [6, 6.07) is 7.66. The van der Waals surface area contributed by atoms with Crippen molar-refractivity contribution in [1.82, 2.24) is 5.32 Å². The quantitative estimate of drug-likeness (QED) is 0.834. The van der Waals surface area contributed by atoms with Crippen molar-refractivity contribution < 1.29 is 9.53 Å². The maximum absolute atomic E-state index is 12.6. The summed E-state index contributed by atoms with van der Waals surface area (Å²) in [5.74, 6) is 0.492. The van der Waals surface area contributed by atoms with Gasteiger partial charge in [-0.2, -0.15) is 0 Å². The van der Waals surface area contributed by atoms with Gasteiger partial charge in [0, 0.05) is 5.56 Å². The van der Waals surface area contributed by atoms with Crippen LogP contribution < -0.4 is 15.8 Å². The zero-order valence-electron chi connectivity index (χ0n) is 11.2. The van der Waals surface area contributed by atoms with E-state index < -0.39 is 5.54 Å². The molecule has 3 rings (SSSR count). The van der Waals surface area contributed by atoms with Crippen molar-refractivity contribution in [1.29, 1.82) is 0 Å². The van der Waals surface area contributed by atoms with Crippen molar-refractivity contribution in [2.75, 3.05) is 6.61 Å². The number of hydrogen-bond donors (Lipinski definition) is 2. The van der Waals surface area contributed by atoms with Crippen LogP contribution in [0.15, 0.2) is 24.3 Å². The molecular formula is C15H18N2O2S. The van der Waals surface area contributed by atoms with E-state index in [0.717, 1.165) is 37.0 Å². The number of fused-ring (bicyclic) bond motifs is 1. The highest BCUT2D eigenvalue weighted by atomic mass is 32.1. The summed E-state index contributed by atoms with van der Waals surface area (Å²) in [5.41, 5.74) is 6.31. The van der Waals surface area contributed by atoms with E-state index in [0.29, 0.717) is 11.6 Å². The molecule has 5 heteroatoms. The van der Waals surface area contributed by atoms with Gasteiger partial charge in [0.2, 0.25) is 5.91 Å². The Kier molecular flexibility index (Phi) is 3.38. The Labute approximate surface area is 123 Å². The molecule has 1 aromatic carbocycles. The van der Waals surface area contributed by atoms with E-state index in [1.54, 1.807) is 0 Å². The number of nitrogens with two attached hydrogens (primary N) is 1. The zero-order chi connectivity index (χ0) is 14.2. The molecule has 2 aliphatic rings. The summed E-state index contributed by atoms with van der Waals surface area (Å²) in [6.07, 6.45) is 3.78. The Morgan fingerprint density at radius 1 is 1.35 bits per heavy atom. The van der Waals surface area contributed by atoms with Gasteiger partial charge in [-0.3, -0.25) is 4.79 Å². The van der Waals surface area contributed by atoms with Gasteiger partial charge in [0.15, 0.2) is 0 Å². The van der Waals surface area contributed by atoms with E-state index in [9.17, 15) is 4.79 Å². The lowest BCUT2D eigenvalue weighted by Crippen LogP contribution is -2.56. The Bertz CT molecular complexity index is 553. The van der Waals surface area contributed by atoms with Crippen LogP contribution in [0.2, 0.25) is 0 Å². The first kappa shape index (κ1) is 13.4. The summed E-state index contributed by atoms with van der Waals surface area (Å²) in [7, 11) is 0. The van der Waals surface area contributed by atoms with Crippen LogP contribution in [0, 0.1) is 0 Å². The van der Waals surface area contributed by atoms with E-state index in [2.05, 4.69) is 5.32 Å². The molecule has 4 nitrogen and oxygen atoms in total. The van der Waals surface area contributed by atoms with Gasteiger partial charge >= 0.3 is 0 Å². The average Bonchev–Trinajstić information content (AvgIpc) is 3.05. The maximum Gasteiger partial charge on any atom is 0.231 e. The third-order valence-electron chi connectivity index (χ3n) is 4.31. The highest BCUT2D eigenvalue weighted by Crippen LogP contribution is 2.35. The lowest BCUT2D eigenvalue weighted by Gasteiger charge is -2.30. The minimum absolute atomic E-state index is 0.0374. The van der Waals surface area contributed by atoms with Gasteiger partial charge in [0.1, 0.15) is 18.3 Å². The number of para-hydroxylation sites is 1. The van der Waals surface area contributed by atoms with E-state index in [4.69, 9.17) is 22.7 Å². The van der Waals surface area contributed by atoms with Crippen LogP contribution in [0.3, 0.4) is 0 Å². The van der Waals surface area contributed by atoms with Crippen LogP contribution in [0.1, 0.15) is 37.2 Å². The summed E-state index contributed by atoms with van der Waals surface area (Å²) in [5, 5.41) is 3.09. The Morgan fingerprint density at radius 2 is 2.05 bits per heavy atom. The van der Waals surface area contributed by atoms with Gasteiger partial charge in [-0.15, -0.1) is 0 Å². The predicted molar refractivity (Wildman–Crippen MR) is 80.8 cm³/mol. The molecule has 0 bridgehead atoms. The van der Waals surface area contributed by atoms with E-state index in [1.807, 2.05) is 24.3 Å². The third kappa shape index (κ3) is 2.16. The summed E-state index contributed by atoms with van der Waals surface area (Å²) in [6.45, 7) is 0.387. The number of rotatable bonds is 3. The highest BCUT2D eigenvalue weighted by Gasteiger charge is 2.41. The van der Waals surface area contributed by atoms with Crippen molar-refractivity contribution in [2.24, 2.45) is 5.73 Å². The molecule has 1 aliphatic heterocycles. The van der Waals surface area contributed by atoms with Crippen LogP contribution in [-0.4, -0.2) is 23.0 Å². The molecule has 0 spiro atoms. The minimum atomic E-state index is -0.496. The van der Waals surface area contributed by atoms with Gasteiger partial charge < -0.3 is 15.8 Å². The van der Waals surface area contributed by atoms with Crippen LogP contribution >= 0.6 is 12.2 Å². The molecule has 0 aromatic heterocycles. The molecule has 3 N–H and O–H groups in total. The number of benzene rings is 1. The van der Waals surface area contributed by atoms with Crippen molar-refractivity contribution in [3.63, 3.8) is 0 Å². The highest BCUT2D eigenvalue weighted by molar-refractivity contribution is 7.80. The molecular weight excluding hydrogens is 272 g/mol. The standard InChI is InChI=1S/C15H18N2O2S/c16-14(20)15(7-3-4-8-15)17-13(18)11-9-19-12-6-2-1-5-10(11)12/h1-2,5-6,11H,3-4,7-9H2,(H2,16,20)(H,17,18). The number of nitrogens with one attached hydrogen (secondary N) is 1. The molecule has 106 valence electrons. The minimum Gasteiger partial charge on any atom is -0.492 e. The fourth-order valence-electron chi connectivity index (χ4n) is 3.11. The SMILES string of the molecule is NC(=S)C1(NC(=O)C2COc3ccccc32)CCCC1. The summed E-state index contributed by atoms with van der Waals surface area (Å²) < 4.78 is 5.57. The molecule has 1 saturated carbocycles. The summed E-state index contributed by atoms with van der Waals surface area (Å²) >= 11 is 5.17. The normalized spacial score (nSPS) is 22.9. The van der Waals surface area contributed by atoms with Crippen LogP contribution in [0.5, 0.6) is 5.75 Å². The van der Waals surface area contributed by atoms with Crippen molar-refractivity contribution in [3.8, 4) is 5.75 Å². The second-order valence-electron chi connectivity index (χ2n) is 5.54. The van der Waals surface area contributed by atoms with Crippen molar-refractivity contribution in [3.05, 3.63) is 29.8 Å². The lowest BCUT2D eigenvalue weighted by molar-refractivity contribution is -0.123. The van der Waals surface area contributed by atoms with Crippen molar-refractivity contribution >= 4 is 23.1 Å². The molecule has 0 saturated heterocycles. The molecule has 1 atom stereocenters. The summed E-state index contributed by atoms with van der Waals surface area (Å²) in [4.78, 5) is 13.0. The van der Waals surface area contributed by atoms with E-state index in [1.165, 1.54) is 0 Å². The van der Waals surface area contributed by atoms with Crippen LogP contribution in [-0.2, 0) is 4.79 Å². The van der Waals surface area contributed by atoms with Crippen LogP contribution in [0.4, 0.5) is 0 Å². The number of thiocarbonyl (C=S) groups is 1. The maximum atomic E-state index is 12.6. The molecule has 1 heterocycles. The second kappa shape index (κ2) is 5.05. The first-order chi connectivity index (χ1) is 9.62. The van der Waals surface area contributed by atoms with Gasteiger partial charge in [0.05, 0.1) is 10.5 Å². The van der Waals surface area contributed by atoms with Crippen LogP contribution in [0.25, 0.3) is 0 Å². The third-order valence-corrected chi connectivity index (χ3v) is 4.70. The predicted octanol–water partition coefficient (Wildman–Crippen LogP) is 1.88. The average molecular weight is 290 g/mol. The fourth-order valence-corrected chi connectivity index (χ4v) is 3.37. The number of hydrogen-bond acceptors (Lipinski definition) is 3. The Hall–Kier alpha value is -1.62. The second-order valence-corrected chi connectivity index (χ2v) is 5.98. The van der Waals surface area contributed by atoms with Gasteiger partial charge in [-0.25, -0.2) is 0 Å². The molecule has 20 heavy (non-hydrogen) atoms. The fraction of sp³-hybridized carbons (Fsp3) is 0.467. The smallest absolute Gasteiger partial charge is 0.231 e. The number of carbonyl (C=O) groups is 1. The molecule has 1 unspecified atom stereocenters. The largest absolute Gasteiger partial charge is 0.492 e. The number of ether oxygens (including phenoxy) is 1. The van der Waals surface area contributed by atoms with Gasteiger partial charge in [0.25, 0.3) is 0 Å². The number of amides is 1. The van der Waals surface area contributed by atoms with Gasteiger partial charge in [-0.05, 0) is 18.9 Å². The molecule has 0 radical (unpaired) electrons. The van der Waals surface area contributed by atoms with Gasteiger partial charge in [-0.1, -0.05) is 43.3 Å². The Morgan fingerprint density at radius 3 is 2.75 bits per heavy atom. The molecule has 1 aromatic rings. The van der Waals surface area contributed by atoms with E-state index >= 15 is 0 Å². The zero-order valence-corrected chi connectivity index (χ0v) is 12.0. The first-order valence-corrected chi connectivity index (χ1v) is 7.37. The van der Waals surface area contributed by atoms with Crippen molar-refractivity contribution in [2.45, 2.75) is 37.1 Å². The Balaban J connectivity index is 1.79.